The predicted octanol–water partition coefficient (Wildman–Crippen LogP) is 4.00. The van der Waals surface area contributed by atoms with E-state index in [4.69, 9.17) is 28.9 Å². The van der Waals surface area contributed by atoms with Crippen LogP contribution in [0.4, 0.5) is 11.4 Å². The van der Waals surface area contributed by atoms with Gasteiger partial charge >= 0.3 is 0 Å². The van der Waals surface area contributed by atoms with Gasteiger partial charge in [-0.05, 0) is 38.7 Å². The standard InChI is InChI=1S/C14H19Cl2N3O2/c1-2-18(10-5-3-9(17)4-6-10)13-7-11(15)12(16)8-14(13)19(20)21/h7-10H,2-6,17H2,1H3. The van der Waals surface area contributed by atoms with Crippen molar-refractivity contribution in [3.63, 3.8) is 0 Å². The van der Waals surface area contributed by atoms with E-state index < -0.39 is 4.92 Å². The Morgan fingerprint density at radius 1 is 1.29 bits per heavy atom. The first-order valence-corrected chi connectivity index (χ1v) is 7.85. The van der Waals surface area contributed by atoms with Crippen molar-refractivity contribution in [2.24, 2.45) is 5.73 Å². The second kappa shape index (κ2) is 6.81. The highest BCUT2D eigenvalue weighted by Gasteiger charge is 2.28. The van der Waals surface area contributed by atoms with Crippen molar-refractivity contribution >= 4 is 34.6 Å². The number of halogens is 2. The van der Waals surface area contributed by atoms with Gasteiger partial charge in [0.25, 0.3) is 5.69 Å². The SMILES string of the molecule is CCN(c1cc(Cl)c(Cl)cc1[N+](=O)[O-])C1CCC(N)CC1. The van der Waals surface area contributed by atoms with Gasteiger partial charge in [-0.3, -0.25) is 10.1 Å². The highest BCUT2D eigenvalue weighted by Crippen LogP contribution is 2.38. The first-order chi connectivity index (χ1) is 9.93. The Bertz CT molecular complexity index is 531. The molecule has 0 amide bonds. The molecule has 2 N–H and O–H groups in total. The molecule has 1 fully saturated rings. The third kappa shape index (κ3) is 3.59. The van der Waals surface area contributed by atoms with Crippen LogP contribution in [0.3, 0.4) is 0 Å². The molecule has 0 aromatic heterocycles. The first-order valence-electron chi connectivity index (χ1n) is 7.09. The Balaban J connectivity index is 2.37. The zero-order valence-electron chi connectivity index (χ0n) is 11.9. The molecule has 21 heavy (non-hydrogen) atoms. The molecular formula is C14H19Cl2N3O2. The van der Waals surface area contributed by atoms with Crippen molar-refractivity contribution in [1.82, 2.24) is 0 Å². The maximum Gasteiger partial charge on any atom is 0.294 e. The van der Waals surface area contributed by atoms with E-state index in [9.17, 15) is 10.1 Å². The first kappa shape index (κ1) is 16.3. The van der Waals surface area contributed by atoms with Crippen molar-refractivity contribution in [3.8, 4) is 0 Å². The second-order valence-electron chi connectivity index (χ2n) is 5.37. The quantitative estimate of drug-likeness (QED) is 0.668. The molecule has 0 radical (unpaired) electrons. The molecule has 0 aliphatic heterocycles. The average Bonchev–Trinajstić information content (AvgIpc) is 2.45. The van der Waals surface area contributed by atoms with Crippen molar-refractivity contribution in [2.45, 2.75) is 44.7 Å². The molecule has 1 aliphatic rings. The number of hydrogen-bond donors (Lipinski definition) is 1. The van der Waals surface area contributed by atoms with E-state index in [1.165, 1.54) is 6.07 Å². The number of hydrogen-bond acceptors (Lipinski definition) is 4. The van der Waals surface area contributed by atoms with E-state index >= 15 is 0 Å². The Hall–Kier alpha value is -1.04. The van der Waals surface area contributed by atoms with E-state index in [1.807, 2.05) is 11.8 Å². The summed E-state index contributed by atoms with van der Waals surface area (Å²) in [6, 6.07) is 3.42. The zero-order chi connectivity index (χ0) is 15.6. The molecule has 0 spiro atoms. The van der Waals surface area contributed by atoms with Crippen LogP contribution in [0, 0.1) is 10.1 Å². The molecule has 5 nitrogen and oxygen atoms in total. The van der Waals surface area contributed by atoms with E-state index in [0.717, 1.165) is 25.7 Å². The highest BCUT2D eigenvalue weighted by molar-refractivity contribution is 6.42. The van der Waals surface area contributed by atoms with Crippen LogP contribution in [0.15, 0.2) is 12.1 Å². The van der Waals surface area contributed by atoms with Gasteiger partial charge < -0.3 is 10.6 Å². The summed E-state index contributed by atoms with van der Waals surface area (Å²) in [4.78, 5) is 12.9. The average molecular weight is 332 g/mol. The maximum atomic E-state index is 11.3. The molecule has 1 aromatic carbocycles. The Labute approximate surface area is 134 Å². The van der Waals surface area contributed by atoms with Gasteiger partial charge in [0.1, 0.15) is 5.69 Å². The Morgan fingerprint density at radius 2 is 1.86 bits per heavy atom. The number of nitrogens with zero attached hydrogens (tertiary/aromatic N) is 2. The number of anilines is 1. The smallest absolute Gasteiger partial charge is 0.294 e. The topological polar surface area (TPSA) is 72.4 Å². The van der Waals surface area contributed by atoms with Crippen molar-refractivity contribution in [1.29, 1.82) is 0 Å². The molecule has 0 saturated heterocycles. The van der Waals surface area contributed by atoms with Gasteiger partial charge in [-0.25, -0.2) is 0 Å². The number of benzene rings is 1. The molecule has 2 rings (SSSR count). The molecular weight excluding hydrogens is 313 g/mol. The summed E-state index contributed by atoms with van der Waals surface area (Å²) in [5.74, 6) is 0. The minimum absolute atomic E-state index is 0.00104. The molecule has 1 saturated carbocycles. The summed E-state index contributed by atoms with van der Waals surface area (Å²) in [7, 11) is 0. The molecule has 0 heterocycles. The van der Waals surface area contributed by atoms with Crippen LogP contribution in [0.2, 0.25) is 10.0 Å². The fourth-order valence-corrected chi connectivity index (χ4v) is 3.26. The van der Waals surface area contributed by atoms with E-state index in [-0.39, 0.29) is 22.8 Å². The van der Waals surface area contributed by atoms with Gasteiger partial charge in [0, 0.05) is 24.7 Å². The molecule has 7 heteroatoms. The summed E-state index contributed by atoms with van der Waals surface area (Å²) in [6.07, 6.45) is 3.76. The fraction of sp³-hybridized carbons (Fsp3) is 0.571. The number of nitro benzene ring substituents is 1. The lowest BCUT2D eigenvalue weighted by atomic mass is 9.90. The number of rotatable bonds is 4. The van der Waals surface area contributed by atoms with Gasteiger partial charge in [0.05, 0.1) is 15.0 Å². The van der Waals surface area contributed by atoms with E-state index in [2.05, 4.69) is 0 Å². The summed E-state index contributed by atoms with van der Waals surface area (Å²) in [5.41, 5.74) is 6.47. The third-order valence-corrected chi connectivity index (χ3v) is 4.77. The number of nitrogens with two attached hydrogens (primary N) is 1. The minimum Gasteiger partial charge on any atom is -0.363 e. The zero-order valence-corrected chi connectivity index (χ0v) is 13.4. The minimum atomic E-state index is -0.408. The summed E-state index contributed by atoms with van der Waals surface area (Å²) in [6.45, 7) is 2.67. The molecule has 1 aliphatic carbocycles. The summed E-state index contributed by atoms with van der Waals surface area (Å²) < 4.78 is 0. The Kier molecular flexibility index (Phi) is 5.30. The third-order valence-electron chi connectivity index (χ3n) is 4.05. The van der Waals surface area contributed by atoms with Crippen LogP contribution in [0.5, 0.6) is 0 Å². The summed E-state index contributed by atoms with van der Waals surface area (Å²) in [5, 5.41) is 11.8. The van der Waals surface area contributed by atoms with Crippen molar-refractivity contribution < 1.29 is 4.92 Å². The predicted molar refractivity (Wildman–Crippen MR) is 86.4 cm³/mol. The van der Waals surface area contributed by atoms with Gasteiger partial charge in [0.2, 0.25) is 0 Å². The van der Waals surface area contributed by atoms with Crippen LogP contribution in [-0.4, -0.2) is 23.6 Å². The maximum absolute atomic E-state index is 11.3. The largest absolute Gasteiger partial charge is 0.363 e. The lowest BCUT2D eigenvalue weighted by Crippen LogP contribution is -2.41. The van der Waals surface area contributed by atoms with Gasteiger partial charge in [0.15, 0.2) is 0 Å². The molecule has 0 atom stereocenters. The normalized spacial score (nSPS) is 22.1. The second-order valence-corrected chi connectivity index (χ2v) is 6.18. The highest BCUT2D eigenvalue weighted by atomic mass is 35.5. The van der Waals surface area contributed by atoms with Gasteiger partial charge in [-0.15, -0.1) is 0 Å². The van der Waals surface area contributed by atoms with Crippen LogP contribution >= 0.6 is 23.2 Å². The van der Waals surface area contributed by atoms with Crippen molar-refractivity contribution in [2.75, 3.05) is 11.4 Å². The van der Waals surface area contributed by atoms with Crippen LogP contribution in [0.1, 0.15) is 32.6 Å². The van der Waals surface area contributed by atoms with Crippen molar-refractivity contribution in [3.05, 3.63) is 32.3 Å². The summed E-state index contributed by atoms with van der Waals surface area (Å²) >= 11 is 12.0. The molecule has 0 unspecified atom stereocenters. The van der Waals surface area contributed by atoms with E-state index in [1.54, 1.807) is 6.07 Å². The van der Waals surface area contributed by atoms with Crippen LogP contribution < -0.4 is 10.6 Å². The van der Waals surface area contributed by atoms with E-state index in [0.29, 0.717) is 17.3 Å². The lowest BCUT2D eigenvalue weighted by Gasteiger charge is -2.36. The van der Waals surface area contributed by atoms with Crippen LogP contribution in [-0.2, 0) is 0 Å². The van der Waals surface area contributed by atoms with Crippen LogP contribution in [0.25, 0.3) is 0 Å². The molecule has 1 aromatic rings. The van der Waals surface area contributed by atoms with Gasteiger partial charge in [-0.1, -0.05) is 23.2 Å². The molecule has 0 bridgehead atoms. The number of nitro groups is 1. The monoisotopic (exact) mass is 331 g/mol. The lowest BCUT2D eigenvalue weighted by molar-refractivity contribution is -0.384. The fourth-order valence-electron chi connectivity index (χ4n) is 2.94. The molecule has 116 valence electrons. The van der Waals surface area contributed by atoms with Gasteiger partial charge in [-0.2, -0.15) is 0 Å². The Morgan fingerprint density at radius 3 is 2.38 bits per heavy atom.